The Balaban J connectivity index is 1.74. The summed E-state index contributed by atoms with van der Waals surface area (Å²) in [5, 5.41) is 30.7. The minimum absolute atomic E-state index is 0.388. The fraction of sp³-hybridized carbons (Fsp3) is 0.348. The number of carbonyl (C=O) groups is 1. The first-order valence-corrected chi connectivity index (χ1v) is 9.63. The van der Waals surface area contributed by atoms with Crippen LogP contribution in [0.15, 0.2) is 48.5 Å². The molecule has 3 rings (SSSR count). The van der Waals surface area contributed by atoms with Gasteiger partial charge in [-0.25, -0.2) is 4.79 Å². The molecule has 0 aromatic heterocycles. The topological polar surface area (TPSA) is 115 Å². The molecule has 0 aliphatic carbocycles. The Bertz CT molecular complexity index is 920. The van der Waals surface area contributed by atoms with E-state index >= 15 is 0 Å². The monoisotopic (exact) mass is 428 g/mol. The van der Waals surface area contributed by atoms with E-state index < -0.39 is 36.9 Å². The highest BCUT2D eigenvalue weighted by Crippen LogP contribution is 2.28. The molecule has 1 aliphatic heterocycles. The van der Waals surface area contributed by atoms with Gasteiger partial charge in [0, 0.05) is 12.0 Å². The minimum Gasteiger partial charge on any atom is -0.462 e. The number of rotatable bonds is 6. The molecule has 2 aromatic carbocycles. The van der Waals surface area contributed by atoms with Crippen LogP contribution in [0.25, 0.3) is 0 Å². The average Bonchev–Trinajstić information content (AvgIpc) is 2.80. The molecule has 0 saturated carbocycles. The van der Waals surface area contributed by atoms with E-state index in [1.54, 1.807) is 12.1 Å². The van der Waals surface area contributed by atoms with Gasteiger partial charge in [-0.1, -0.05) is 36.3 Å². The third-order valence-electron chi connectivity index (χ3n) is 4.93. The van der Waals surface area contributed by atoms with Gasteiger partial charge < -0.3 is 34.3 Å². The van der Waals surface area contributed by atoms with Gasteiger partial charge in [-0.15, -0.1) is 6.42 Å². The summed E-state index contributed by atoms with van der Waals surface area (Å²) in [5.41, 5.74) is 2.59. The van der Waals surface area contributed by atoms with Gasteiger partial charge in [0.2, 0.25) is 6.29 Å². The lowest BCUT2D eigenvalue weighted by Gasteiger charge is -2.40. The van der Waals surface area contributed by atoms with Crippen molar-refractivity contribution >= 4 is 6.16 Å². The van der Waals surface area contributed by atoms with Crippen LogP contribution in [0.4, 0.5) is 4.79 Å². The van der Waals surface area contributed by atoms with E-state index in [1.807, 2.05) is 36.4 Å². The maximum absolute atomic E-state index is 11.2. The smallest absolute Gasteiger partial charge is 0.462 e. The second kappa shape index (κ2) is 10.3. The van der Waals surface area contributed by atoms with Crippen LogP contribution in [-0.2, 0) is 20.6 Å². The molecule has 0 bridgehead atoms. The summed E-state index contributed by atoms with van der Waals surface area (Å²) in [7, 11) is 1.14. The number of methoxy groups -OCH3 is 1. The predicted molar refractivity (Wildman–Crippen MR) is 109 cm³/mol. The molecule has 164 valence electrons. The van der Waals surface area contributed by atoms with Crippen molar-refractivity contribution in [3.63, 3.8) is 0 Å². The predicted octanol–water partition coefficient (Wildman–Crippen LogP) is 1.23. The molecule has 1 fully saturated rings. The van der Waals surface area contributed by atoms with Crippen LogP contribution in [0.2, 0.25) is 0 Å². The fourth-order valence-electron chi connectivity index (χ4n) is 3.19. The molecule has 0 radical (unpaired) electrons. The molecule has 3 N–H and O–H groups in total. The molecule has 0 amide bonds. The molecule has 31 heavy (non-hydrogen) atoms. The SMILES string of the molecule is C#Cc1ccc(Cc2ccccc2O[C@@H]2O[C@H](COC(=O)OC)[C@@H](O)C(O)[C@H]2O)cc1. The largest absolute Gasteiger partial charge is 0.508 e. The average molecular weight is 428 g/mol. The van der Waals surface area contributed by atoms with E-state index in [-0.39, 0.29) is 6.61 Å². The Labute approximate surface area is 179 Å². The molecule has 1 heterocycles. The number of terminal acetylenes is 1. The maximum Gasteiger partial charge on any atom is 0.508 e. The maximum atomic E-state index is 11.2. The highest BCUT2D eigenvalue weighted by atomic mass is 16.7. The van der Waals surface area contributed by atoms with Gasteiger partial charge in [-0.2, -0.15) is 0 Å². The Hall–Kier alpha value is -3.09. The molecule has 1 saturated heterocycles. The minimum atomic E-state index is -1.56. The van der Waals surface area contributed by atoms with E-state index in [0.29, 0.717) is 12.2 Å². The summed E-state index contributed by atoms with van der Waals surface area (Å²) in [6.45, 7) is -0.388. The summed E-state index contributed by atoms with van der Waals surface area (Å²) < 4.78 is 20.6. The highest BCUT2D eigenvalue weighted by molar-refractivity contribution is 5.59. The van der Waals surface area contributed by atoms with Crippen molar-refractivity contribution in [2.24, 2.45) is 0 Å². The molecule has 1 unspecified atom stereocenters. The summed E-state index contributed by atoms with van der Waals surface area (Å²) in [4.78, 5) is 11.2. The van der Waals surface area contributed by atoms with Crippen LogP contribution in [0.1, 0.15) is 16.7 Å². The summed E-state index contributed by atoms with van der Waals surface area (Å²) in [5.74, 6) is 3.00. The third-order valence-corrected chi connectivity index (χ3v) is 4.93. The van der Waals surface area contributed by atoms with Gasteiger partial charge in [0.05, 0.1) is 7.11 Å². The summed E-state index contributed by atoms with van der Waals surface area (Å²) in [6.07, 6.45) is -2.02. The Morgan fingerprint density at radius 3 is 2.45 bits per heavy atom. The number of hydrogen-bond acceptors (Lipinski definition) is 8. The number of hydrogen-bond donors (Lipinski definition) is 3. The van der Waals surface area contributed by atoms with Crippen LogP contribution in [-0.4, -0.2) is 65.9 Å². The van der Waals surface area contributed by atoms with Crippen molar-refractivity contribution < 1.29 is 39.1 Å². The lowest BCUT2D eigenvalue weighted by Crippen LogP contribution is -2.60. The third kappa shape index (κ3) is 5.54. The van der Waals surface area contributed by atoms with Crippen molar-refractivity contribution in [3.05, 3.63) is 65.2 Å². The van der Waals surface area contributed by atoms with Crippen LogP contribution in [0.5, 0.6) is 5.75 Å². The van der Waals surface area contributed by atoms with E-state index in [2.05, 4.69) is 10.7 Å². The Morgan fingerprint density at radius 2 is 1.77 bits per heavy atom. The fourth-order valence-corrected chi connectivity index (χ4v) is 3.19. The van der Waals surface area contributed by atoms with Crippen molar-refractivity contribution in [1.29, 1.82) is 0 Å². The van der Waals surface area contributed by atoms with Crippen LogP contribution < -0.4 is 4.74 Å². The molecular formula is C23H24O8. The molecule has 8 nitrogen and oxygen atoms in total. The molecule has 8 heteroatoms. The number of para-hydroxylation sites is 1. The molecule has 2 aromatic rings. The number of carbonyl (C=O) groups excluding carboxylic acids is 1. The van der Waals surface area contributed by atoms with Gasteiger partial charge >= 0.3 is 6.16 Å². The van der Waals surface area contributed by atoms with E-state index in [9.17, 15) is 20.1 Å². The van der Waals surface area contributed by atoms with Crippen molar-refractivity contribution in [2.45, 2.75) is 37.1 Å². The first-order valence-electron chi connectivity index (χ1n) is 9.63. The molecule has 5 atom stereocenters. The molecular weight excluding hydrogens is 404 g/mol. The number of benzene rings is 2. The van der Waals surface area contributed by atoms with Crippen LogP contribution in [0, 0.1) is 12.3 Å². The second-order valence-corrected chi connectivity index (χ2v) is 7.02. The lowest BCUT2D eigenvalue weighted by atomic mass is 9.99. The zero-order valence-electron chi connectivity index (χ0n) is 16.9. The summed E-state index contributed by atoms with van der Waals surface area (Å²) in [6, 6.07) is 14.7. The number of aliphatic hydroxyl groups is 3. The first-order chi connectivity index (χ1) is 14.9. The highest BCUT2D eigenvalue weighted by Gasteiger charge is 2.45. The van der Waals surface area contributed by atoms with Gasteiger partial charge in [-0.3, -0.25) is 0 Å². The quantitative estimate of drug-likeness (QED) is 0.465. The zero-order chi connectivity index (χ0) is 22.4. The number of ether oxygens (including phenoxy) is 4. The normalized spacial score (nSPS) is 25.3. The second-order valence-electron chi connectivity index (χ2n) is 7.02. The van der Waals surface area contributed by atoms with Gasteiger partial charge in [0.15, 0.2) is 0 Å². The van der Waals surface area contributed by atoms with E-state index in [1.165, 1.54) is 0 Å². The van der Waals surface area contributed by atoms with Crippen LogP contribution in [0.3, 0.4) is 0 Å². The Kier molecular flexibility index (Phi) is 7.50. The zero-order valence-corrected chi connectivity index (χ0v) is 16.9. The molecule has 1 aliphatic rings. The number of aliphatic hydroxyl groups excluding tert-OH is 3. The van der Waals surface area contributed by atoms with E-state index in [0.717, 1.165) is 23.8 Å². The van der Waals surface area contributed by atoms with Crippen molar-refractivity contribution in [3.8, 4) is 18.1 Å². The Morgan fingerprint density at radius 1 is 1.06 bits per heavy atom. The van der Waals surface area contributed by atoms with E-state index in [4.69, 9.17) is 20.6 Å². The summed E-state index contributed by atoms with van der Waals surface area (Å²) >= 11 is 0. The van der Waals surface area contributed by atoms with Crippen molar-refractivity contribution in [2.75, 3.05) is 13.7 Å². The van der Waals surface area contributed by atoms with Crippen LogP contribution >= 0.6 is 0 Å². The van der Waals surface area contributed by atoms with Gasteiger partial charge in [-0.05, 0) is 29.3 Å². The lowest BCUT2D eigenvalue weighted by molar-refractivity contribution is -0.277. The first kappa shape index (κ1) is 22.6. The van der Waals surface area contributed by atoms with Gasteiger partial charge in [0.25, 0.3) is 0 Å². The van der Waals surface area contributed by atoms with Gasteiger partial charge in [0.1, 0.15) is 36.8 Å². The standard InChI is InChI=1S/C23H24O8/c1-3-14-8-10-15(11-9-14)12-16-6-4-5-7-17(16)30-22-21(26)20(25)19(24)18(31-22)13-29-23(27)28-2/h1,4-11,18-22,24-26H,12-13H2,2H3/t18-,19-,20?,21-,22-/m1/s1. The molecule has 0 spiro atoms. The van der Waals surface area contributed by atoms with Crippen molar-refractivity contribution in [1.82, 2.24) is 0 Å².